The maximum atomic E-state index is 5.71. The van der Waals surface area contributed by atoms with Crippen molar-refractivity contribution in [3.8, 4) is 11.3 Å². The summed E-state index contributed by atoms with van der Waals surface area (Å²) in [4.78, 5) is 8.03. The number of aromatic nitrogens is 2. The first-order valence-electron chi connectivity index (χ1n) is 7.15. The highest BCUT2D eigenvalue weighted by molar-refractivity contribution is 5.61. The van der Waals surface area contributed by atoms with Crippen LogP contribution in [0.5, 0.6) is 0 Å². The third-order valence-electron chi connectivity index (χ3n) is 3.48. The highest BCUT2D eigenvalue weighted by atomic mass is 14.9. The minimum atomic E-state index is 0.553. The number of imidazole rings is 1. The molecule has 0 aliphatic heterocycles. The maximum Gasteiger partial charge on any atom is 0.109 e. The van der Waals surface area contributed by atoms with Crippen LogP contribution in [-0.2, 0) is 0 Å². The average molecular weight is 257 g/mol. The van der Waals surface area contributed by atoms with Crippen molar-refractivity contribution in [3.05, 3.63) is 36.3 Å². The minimum absolute atomic E-state index is 0.553. The highest BCUT2D eigenvalue weighted by Gasteiger charge is 2.13. The molecule has 0 bridgehead atoms. The summed E-state index contributed by atoms with van der Waals surface area (Å²) in [5, 5.41) is 0. The molecule has 2 rings (SSSR count). The average Bonchev–Trinajstić information content (AvgIpc) is 2.89. The van der Waals surface area contributed by atoms with E-state index in [4.69, 9.17) is 5.73 Å². The third-order valence-corrected chi connectivity index (χ3v) is 3.48. The molecule has 0 atom stereocenters. The molecule has 0 saturated carbocycles. The number of nitrogens with one attached hydrogen (secondary N) is 1. The minimum Gasteiger partial charge on any atom is -0.399 e. The van der Waals surface area contributed by atoms with Gasteiger partial charge in [-0.15, -0.1) is 0 Å². The van der Waals surface area contributed by atoms with Gasteiger partial charge in [0.05, 0.1) is 11.9 Å². The highest BCUT2D eigenvalue weighted by Crippen LogP contribution is 2.26. The van der Waals surface area contributed by atoms with Crippen LogP contribution in [-0.4, -0.2) is 9.97 Å². The fraction of sp³-hybridized carbons (Fsp3) is 0.438. The first-order valence-corrected chi connectivity index (χ1v) is 7.15. The first kappa shape index (κ1) is 13.7. The summed E-state index contributed by atoms with van der Waals surface area (Å²) in [5.74, 6) is 1.67. The zero-order valence-corrected chi connectivity index (χ0v) is 11.8. The molecule has 2 aromatic rings. The van der Waals surface area contributed by atoms with Gasteiger partial charge in [0.25, 0.3) is 0 Å². The molecule has 0 aliphatic carbocycles. The van der Waals surface area contributed by atoms with E-state index in [0.717, 1.165) is 22.8 Å². The molecule has 1 heterocycles. The molecule has 0 aliphatic rings. The molecule has 1 aromatic carbocycles. The molecule has 0 spiro atoms. The van der Waals surface area contributed by atoms with Gasteiger partial charge in [-0.3, -0.25) is 0 Å². The lowest BCUT2D eigenvalue weighted by Gasteiger charge is -2.11. The predicted molar refractivity (Wildman–Crippen MR) is 81.0 cm³/mol. The van der Waals surface area contributed by atoms with Gasteiger partial charge in [-0.2, -0.15) is 0 Å². The van der Waals surface area contributed by atoms with Gasteiger partial charge in [-0.05, 0) is 30.5 Å². The molecule has 0 amide bonds. The lowest BCUT2D eigenvalue weighted by atomic mass is 9.98. The number of nitrogen functional groups attached to an aromatic ring is 1. The monoisotopic (exact) mass is 257 g/mol. The quantitative estimate of drug-likeness (QED) is 0.756. The topological polar surface area (TPSA) is 54.7 Å². The lowest BCUT2D eigenvalue weighted by molar-refractivity contribution is 0.538. The number of hydrogen-bond acceptors (Lipinski definition) is 2. The van der Waals surface area contributed by atoms with E-state index in [1.54, 1.807) is 0 Å². The van der Waals surface area contributed by atoms with Crippen LogP contribution in [0.1, 0.15) is 51.3 Å². The Morgan fingerprint density at radius 2 is 1.74 bits per heavy atom. The summed E-state index contributed by atoms with van der Waals surface area (Å²) >= 11 is 0. The fourth-order valence-electron chi connectivity index (χ4n) is 2.47. The van der Waals surface area contributed by atoms with Crippen molar-refractivity contribution in [1.82, 2.24) is 9.97 Å². The van der Waals surface area contributed by atoms with Crippen LogP contribution in [0.4, 0.5) is 5.69 Å². The van der Waals surface area contributed by atoms with E-state index in [0.29, 0.717) is 5.92 Å². The molecule has 19 heavy (non-hydrogen) atoms. The lowest BCUT2D eigenvalue weighted by Crippen LogP contribution is -2.00. The molecule has 0 unspecified atom stereocenters. The largest absolute Gasteiger partial charge is 0.399 e. The predicted octanol–water partition coefficient (Wildman–Crippen LogP) is 4.34. The molecule has 0 radical (unpaired) electrons. The van der Waals surface area contributed by atoms with Crippen LogP contribution in [0.3, 0.4) is 0 Å². The van der Waals surface area contributed by atoms with Crippen LogP contribution in [0.15, 0.2) is 30.5 Å². The number of nitrogens with zero attached hydrogens (tertiary/aromatic N) is 1. The van der Waals surface area contributed by atoms with Crippen molar-refractivity contribution in [2.24, 2.45) is 0 Å². The molecular formula is C16H23N3. The zero-order valence-electron chi connectivity index (χ0n) is 11.8. The van der Waals surface area contributed by atoms with Crippen LogP contribution < -0.4 is 5.73 Å². The molecule has 3 heteroatoms. The van der Waals surface area contributed by atoms with Crippen molar-refractivity contribution >= 4 is 5.69 Å². The number of nitrogens with two attached hydrogens (primary N) is 1. The number of anilines is 1. The Kier molecular flexibility index (Phi) is 4.61. The van der Waals surface area contributed by atoms with Gasteiger partial charge < -0.3 is 10.7 Å². The number of benzene rings is 1. The standard InChI is InChI=1S/C16H23N3/c1-3-5-13(6-4-2)16-18-11-15(19-16)12-7-9-14(17)10-8-12/h7-11,13H,3-6,17H2,1-2H3,(H,18,19). The zero-order chi connectivity index (χ0) is 13.7. The Hall–Kier alpha value is -1.77. The smallest absolute Gasteiger partial charge is 0.109 e. The second-order valence-corrected chi connectivity index (χ2v) is 5.08. The molecule has 3 N–H and O–H groups in total. The van der Waals surface area contributed by atoms with Gasteiger partial charge in [-0.25, -0.2) is 4.98 Å². The van der Waals surface area contributed by atoms with Gasteiger partial charge in [0.1, 0.15) is 5.82 Å². The van der Waals surface area contributed by atoms with Gasteiger partial charge in [0, 0.05) is 11.6 Å². The van der Waals surface area contributed by atoms with Crippen LogP contribution in [0.25, 0.3) is 11.3 Å². The SMILES string of the molecule is CCCC(CCC)c1ncc(-c2ccc(N)cc2)[nH]1. The molecule has 3 nitrogen and oxygen atoms in total. The second kappa shape index (κ2) is 6.41. The maximum absolute atomic E-state index is 5.71. The molecule has 0 fully saturated rings. The summed E-state index contributed by atoms with van der Waals surface area (Å²) in [6.45, 7) is 4.46. The Morgan fingerprint density at radius 3 is 2.32 bits per heavy atom. The summed E-state index contributed by atoms with van der Waals surface area (Å²) in [6, 6.07) is 7.90. The van der Waals surface area contributed by atoms with Crippen LogP contribution >= 0.6 is 0 Å². The normalized spacial score (nSPS) is 11.1. The van der Waals surface area contributed by atoms with E-state index in [2.05, 4.69) is 23.8 Å². The number of H-pyrrole nitrogens is 1. The summed E-state index contributed by atoms with van der Waals surface area (Å²) in [5.41, 5.74) is 8.72. The van der Waals surface area contributed by atoms with Gasteiger partial charge in [0.15, 0.2) is 0 Å². The van der Waals surface area contributed by atoms with Gasteiger partial charge in [0.2, 0.25) is 0 Å². The molecular weight excluding hydrogens is 234 g/mol. The van der Waals surface area contributed by atoms with E-state index >= 15 is 0 Å². The Bertz CT molecular complexity index is 493. The summed E-state index contributed by atoms with van der Waals surface area (Å²) < 4.78 is 0. The molecule has 0 saturated heterocycles. The van der Waals surface area contributed by atoms with Crippen molar-refractivity contribution in [3.63, 3.8) is 0 Å². The van der Waals surface area contributed by atoms with E-state index in [-0.39, 0.29) is 0 Å². The Morgan fingerprint density at radius 1 is 1.11 bits per heavy atom. The van der Waals surface area contributed by atoms with Crippen molar-refractivity contribution in [1.29, 1.82) is 0 Å². The van der Waals surface area contributed by atoms with E-state index in [1.165, 1.54) is 25.7 Å². The third kappa shape index (κ3) is 3.37. The van der Waals surface area contributed by atoms with E-state index in [1.807, 2.05) is 30.5 Å². The molecule has 1 aromatic heterocycles. The summed E-state index contributed by atoms with van der Waals surface area (Å²) in [6.07, 6.45) is 6.72. The number of aromatic amines is 1. The second-order valence-electron chi connectivity index (χ2n) is 5.08. The van der Waals surface area contributed by atoms with Crippen molar-refractivity contribution in [2.45, 2.75) is 45.4 Å². The fourth-order valence-corrected chi connectivity index (χ4v) is 2.47. The van der Waals surface area contributed by atoms with Crippen molar-refractivity contribution in [2.75, 3.05) is 5.73 Å². The van der Waals surface area contributed by atoms with E-state index < -0.39 is 0 Å². The number of hydrogen-bond donors (Lipinski definition) is 2. The summed E-state index contributed by atoms with van der Waals surface area (Å²) in [7, 11) is 0. The van der Waals surface area contributed by atoms with Gasteiger partial charge >= 0.3 is 0 Å². The number of rotatable bonds is 6. The molecule has 102 valence electrons. The Labute approximate surface area is 115 Å². The van der Waals surface area contributed by atoms with E-state index in [9.17, 15) is 0 Å². The van der Waals surface area contributed by atoms with Crippen molar-refractivity contribution < 1.29 is 0 Å². The van der Waals surface area contributed by atoms with Crippen LogP contribution in [0, 0.1) is 0 Å². The Balaban J connectivity index is 2.19. The first-order chi connectivity index (χ1) is 9.24. The van der Waals surface area contributed by atoms with Crippen LogP contribution in [0.2, 0.25) is 0 Å². The van der Waals surface area contributed by atoms with Gasteiger partial charge in [-0.1, -0.05) is 38.8 Å².